The average Bonchev–Trinajstić information content (AvgIpc) is 3.12. The van der Waals surface area contributed by atoms with E-state index in [0.717, 1.165) is 30.8 Å². The number of hydrogen-bond acceptors (Lipinski definition) is 4. The Hall–Kier alpha value is -1.65. The zero-order valence-electron chi connectivity index (χ0n) is 11.3. The number of carboxylic acid groups (broad SMARTS) is 1. The van der Waals surface area contributed by atoms with Crippen molar-refractivity contribution in [1.29, 1.82) is 0 Å². The molecule has 2 aliphatic rings. The molecule has 0 bridgehead atoms. The Bertz CT molecular complexity index is 534. The Morgan fingerprint density at radius 1 is 1.37 bits per heavy atom. The smallest absolute Gasteiger partial charge is 0.314 e. The highest BCUT2D eigenvalue weighted by Crippen LogP contribution is 2.49. The third kappa shape index (κ3) is 1.79. The molecule has 19 heavy (non-hydrogen) atoms. The van der Waals surface area contributed by atoms with Crippen molar-refractivity contribution in [3.63, 3.8) is 0 Å². The van der Waals surface area contributed by atoms with Crippen LogP contribution in [-0.2, 0) is 10.2 Å². The fraction of sp³-hybridized carbons (Fsp3) is 0.643. The summed E-state index contributed by atoms with van der Waals surface area (Å²) in [6.45, 7) is 1.87. The van der Waals surface area contributed by atoms with Gasteiger partial charge < -0.3 is 9.84 Å². The Kier molecular flexibility index (Phi) is 2.73. The maximum absolute atomic E-state index is 11.6. The maximum Gasteiger partial charge on any atom is 0.314 e. The van der Waals surface area contributed by atoms with Crippen molar-refractivity contribution in [2.24, 2.45) is 0 Å². The van der Waals surface area contributed by atoms with Crippen LogP contribution in [0.1, 0.15) is 55.1 Å². The van der Waals surface area contributed by atoms with Gasteiger partial charge in [-0.3, -0.25) is 4.79 Å². The molecule has 0 aliphatic heterocycles. The van der Waals surface area contributed by atoms with Gasteiger partial charge in [-0.1, -0.05) is 6.42 Å². The Morgan fingerprint density at radius 2 is 2.05 bits per heavy atom. The van der Waals surface area contributed by atoms with Crippen molar-refractivity contribution < 1.29 is 14.6 Å². The molecule has 1 N–H and O–H groups in total. The van der Waals surface area contributed by atoms with Crippen molar-refractivity contribution >= 4 is 5.97 Å². The molecule has 5 nitrogen and oxygen atoms in total. The second-order valence-electron chi connectivity index (χ2n) is 5.57. The van der Waals surface area contributed by atoms with Crippen LogP contribution in [0.15, 0.2) is 0 Å². The number of aromatic nitrogens is 2. The fourth-order valence-electron chi connectivity index (χ4n) is 2.89. The van der Waals surface area contributed by atoms with E-state index in [1.807, 2.05) is 6.92 Å². The summed E-state index contributed by atoms with van der Waals surface area (Å²) in [7, 11) is 1.55. The van der Waals surface area contributed by atoms with Crippen molar-refractivity contribution in [1.82, 2.24) is 9.97 Å². The SMILES string of the molecule is COc1nc(C2CC2)nc(C)c1C1(C(=O)O)CCC1. The van der Waals surface area contributed by atoms with Gasteiger partial charge in [0.05, 0.1) is 18.1 Å². The van der Waals surface area contributed by atoms with Crippen LogP contribution in [0.4, 0.5) is 0 Å². The highest BCUT2D eigenvalue weighted by molar-refractivity contribution is 5.83. The second-order valence-corrected chi connectivity index (χ2v) is 5.57. The first-order chi connectivity index (χ1) is 9.08. The monoisotopic (exact) mass is 262 g/mol. The highest BCUT2D eigenvalue weighted by Gasteiger charge is 2.50. The first kappa shape index (κ1) is 12.4. The molecule has 1 heterocycles. The van der Waals surface area contributed by atoms with Gasteiger partial charge in [0, 0.05) is 11.6 Å². The van der Waals surface area contributed by atoms with E-state index >= 15 is 0 Å². The lowest BCUT2D eigenvalue weighted by atomic mass is 9.64. The van der Waals surface area contributed by atoms with Crippen molar-refractivity contribution in [3.8, 4) is 5.88 Å². The molecule has 2 fully saturated rings. The summed E-state index contributed by atoms with van der Waals surface area (Å²) in [5.41, 5.74) is 0.603. The minimum Gasteiger partial charge on any atom is -0.481 e. The van der Waals surface area contributed by atoms with Gasteiger partial charge in [0.15, 0.2) is 0 Å². The maximum atomic E-state index is 11.6. The fourth-order valence-corrected chi connectivity index (χ4v) is 2.89. The summed E-state index contributed by atoms with van der Waals surface area (Å²) in [6, 6.07) is 0. The lowest BCUT2D eigenvalue weighted by Gasteiger charge is -2.39. The van der Waals surface area contributed by atoms with Gasteiger partial charge >= 0.3 is 5.97 Å². The summed E-state index contributed by atoms with van der Waals surface area (Å²) in [5.74, 6) is 0.904. The number of carboxylic acids is 1. The average molecular weight is 262 g/mol. The molecular formula is C14H18N2O3. The number of rotatable bonds is 4. The summed E-state index contributed by atoms with van der Waals surface area (Å²) < 4.78 is 5.36. The molecule has 0 unspecified atom stereocenters. The lowest BCUT2D eigenvalue weighted by Crippen LogP contribution is -2.43. The van der Waals surface area contributed by atoms with E-state index in [-0.39, 0.29) is 0 Å². The van der Waals surface area contributed by atoms with Gasteiger partial charge in [0.2, 0.25) is 5.88 Å². The number of nitrogens with zero attached hydrogens (tertiary/aromatic N) is 2. The molecule has 1 aromatic heterocycles. The van der Waals surface area contributed by atoms with E-state index in [1.165, 1.54) is 0 Å². The zero-order valence-corrected chi connectivity index (χ0v) is 11.3. The number of aryl methyl sites for hydroxylation is 1. The van der Waals surface area contributed by atoms with Gasteiger partial charge in [-0.15, -0.1) is 0 Å². The lowest BCUT2D eigenvalue weighted by molar-refractivity contribution is -0.147. The normalized spacial score (nSPS) is 20.7. The first-order valence-electron chi connectivity index (χ1n) is 6.75. The molecule has 1 aromatic rings. The van der Waals surface area contributed by atoms with E-state index in [1.54, 1.807) is 7.11 Å². The quantitative estimate of drug-likeness (QED) is 0.900. The van der Waals surface area contributed by atoms with Crippen LogP contribution in [0.5, 0.6) is 5.88 Å². The van der Waals surface area contributed by atoms with Crippen molar-refractivity contribution in [2.45, 2.75) is 50.4 Å². The summed E-state index contributed by atoms with van der Waals surface area (Å²) in [5, 5.41) is 9.56. The molecule has 2 saturated carbocycles. The molecular weight excluding hydrogens is 244 g/mol. The van der Waals surface area contributed by atoms with Crippen LogP contribution in [0.3, 0.4) is 0 Å². The summed E-state index contributed by atoms with van der Waals surface area (Å²) in [4.78, 5) is 20.6. The number of ether oxygens (including phenoxy) is 1. The van der Waals surface area contributed by atoms with Crippen molar-refractivity contribution in [3.05, 3.63) is 17.1 Å². The largest absolute Gasteiger partial charge is 0.481 e. The van der Waals surface area contributed by atoms with Gasteiger partial charge in [0.25, 0.3) is 0 Å². The molecule has 0 saturated heterocycles. The van der Waals surface area contributed by atoms with Crippen LogP contribution < -0.4 is 4.74 Å². The van der Waals surface area contributed by atoms with Crippen LogP contribution in [0, 0.1) is 6.92 Å². The topological polar surface area (TPSA) is 72.3 Å². The molecule has 3 rings (SSSR count). The van der Waals surface area contributed by atoms with E-state index < -0.39 is 11.4 Å². The molecule has 0 radical (unpaired) electrons. The highest BCUT2D eigenvalue weighted by atomic mass is 16.5. The number of methoxy groups -OCH3 is 1. The van der Waals surface area contributed by atoms with Gasteiger partial charge in [-0.2, -0.15) is 4.98 Å². The van der Waals surface area contributed by atoms with E-state index in [0.29, 0.717) is 30.2 Å². The molecule has 0 spiro atoms. The van der Waals surface area contributed by atoms with Crippen LogP contribution in [0.25, 0.3) is 0 Å². The molecule has 102 valence electrons. The van der Waals surface area contributed by atoms with Crippen LogP contribution >= 0.6 is 0 Å². The Morgan fingerprint density at radius 3 is 2.47 bits per heavy atom. The minimum atomic E-state index is -0.836. The summed E-state index contributed by atoms with van der Waals surface area (Å²) >= 11 is 0. The second kappa shape index (κ2) is 4.18. The third-order valence-corrected chi connectivity index (χ3v) is 4.30. The molecule has 0 aromatic carbocycles. The third-order valence-electron chi connectivity index (χ3n) is 4.30. The Labute approximate surface area is 112 Å². The molecule has 0 atom stereocenters. The minimum absolute atomic E-state index is 0.434. The predicted octanol–water partition coefficient (Wildman–Crippen LogP) is 2.18. The summed E-state index contributed by atoms with van der Waals surface area (Å²) in [6.07, 6.45) is 4.45. The van der Waals surface area contributed by atoms with Crippen molar-refractivity contribution in [2.75, 3.05) is 7.11 Å². The van der Waals surface area contributed by atoms with E-state index in [2.05, 4.69) is 9.97 Å². The molecule has 2 aliphatic carbocycles. The van der Waals surface area contributed by atoms with E-state index in [9.17, 15) is 9.90 Å². The molecule has 5 heteroatoms. The van der Waals surface area contributed by atoms with E-state index in [4.69, 9.17) is 4.74 Å². The number of aliphatic carboxylic acids is 1. The number of hydrogen-bond donors (Lipinski definition) is 1. The zero-order chi connectivity index (χ0) is 13.6. The standard InChI is InChI=1S/C14H18N2O3/c1-8-10(14(13(17)18)6-3-7-14)12(19-2)16-11(15-8)9-4-5-9/h9H,3-7H2,1-2H3,(H,17,18). The van der Waals surface area contributed by atoms with Gasteiger partial charge in [0.1, 0.15) is 5.82 Å². The molecule has 0 amide bonds. The number of carbonyl (C=O) groups is 1. The van der Waals surface area contributed by atoms with Crippen LogP contribution in [0.2, 0.25) is 0 Å². The van der Waals surface area contributed by atoms with Crippen LogP contribution in [-0.4, -0.2) is 28.2 Å². The van der Waals surface area contributed by atoms with Gasteiger partial charge in [-0.05, 0) is 32.6 Å². The first-order valence-corrected chi connectivity index (χ1v) is 6.75. The predicted molar refractivity (Wildman–Crippen MR) is 68.5 cm³/mol. The van der Waals surface area contributed by atoms with Gasteiger partial charge in [-0.25, -0.2) is 4.98 Å². The Balaban J connectivity index is 2.11.